The van der Waals surface area contributed by atoms with E-state index in [0.717, 1.165) is 5.56 Å². The average Bonchev–Trinajstić information content (AvgIpc) is 2.70. The standard InChI is InChI=1S/C21H19N3O4/c1-14-12-19(26)24(20(22-14)15-8-4-3-5-9-15)13-18(25)23-17-11-7-6-10-16(17)21(27)28-2/h3-12H,13H2,1-2H3,(H,23,25). The number of carbonyl (C=O) groups is 2. The Hall–Kier alpha value is -3.74. The lowest BCUT2D eigenvalue weighted by Crippen LogP contribution is -2.30. The maximum absolute atomic E-state index is 12.6. The molecular weight excluding hydrogens is 358 g/mol. The normalized spacial score (nSPS) is 10.4. The van der Waals surface area contributed by atoms with Gasteiger partial charge in [0.05, 0.1) is 18.4 Å². The van der Waals surface area contributed by atoms with Crippen molar-refractivity contribution in [1.82, 2.24) is 9.55 Å². The minimum atomic E-state index is -0.560. The number of para-hydroxylation sites is 1. The van der Waals surface area contributed by atoms with Gasteiger partial charge in [-0.15, -0.1) is 0 Å². The lowest BCUT2D eigenvalue weighted by Gasteiger charge is -2.14. The Bertz CT molecular complexity index is 1070. The molecule has 0 aliphatic carbocycles. The third-order valence-electron chi connectivity index (χ3n) is 4.08. The molecule has 0 unspecified atom stereocenters. The van der Waals surface area contributed by atoms with E-state index < -0.39 is 11.9 Å². The van der Waals surface area contributed by atoms with Gasteiger partial charge in [0.15, 0.2) is 0 Å². The highest BCUT2D eigenvalue weighted by Crippen LogP contribution is 2.18. The predicted molar refractivity (Wildman–Crippen MR) is 105 cm³/mol. The number of hydrogen-bond acceptors (Lipinski definition) is 5. The van der Waals surface area contributed by atoms with E-state index in [1.54, 1.807) is 31.2 Å². The van der Waals surface area contributed by atoms with Crippen LogP contribution in [0.5, 0.6) is 0 Å². The zero-order valence-electron chi connectivity index (χ0n) is 15.5. The fraction of sp³-hybridized carbons (Fsp3) is 0.143. The van der Waals surface area contributed by atoms with Gasteiger partial charge in [0.25, 0.3) is 5.56 Å². The fourth-order valence-electron chi connectivity index (χ4n) is 2.79. The summed E-state index contributed by atoms with van der Waals surface area (Å²) in [5, 5.41) is 2.67. The van der Waals surface area contributed by atoms with E-state index in [-0.39, 0.29) is 17.7 Å². The van der Waals surface area contributed by atoms with E-state index in [9.17, 15) is 14.4 Å². The van der Waals surface area contributed by atoms with E-state index in [4.69, 9.17) is 4.74 Å². The first-order valence-electron chi connectivity index (χ1n) is 8.60. The van der Waals surface area contributed by atoms with Gasteiger partial charge < -0.3 is 10.1 Å². The van der Waals surface area contributed by atoms with Gasteiger partial charge in [-0.05, 0) is 19.1 Å². The minimum Gasteiger partial charge on any atom is -0.465 e. The van der Waals surface area contributed by atoms with Crippen LogP contribution < -0.4 is 10.9 Å². The summed E-state index contributed by atoms with van der Waals surface area (Å²) < 4.78 is 6.03. The average molecular weight is 377 g/mol. The number of aromatic nitrogens is 2. The molecule has 0 aliphatic rings. The number of carbonyl (C=O) groups excluding carboxylic acids is 2. The van der Waals surface area contributed by atoms with Crippen LogP contribution in [0.4, 0.5) is 5.69 Å². The zero-order chi connectivity index (χ0) is 20.1. The molecule has 0 atom stereocenters. The van der Waals surface area contributed by atoms with Crippen molar-refractivity contribution >= 4 is 17.6 Å². The molecule has 3 rings (SSSR count). The summed E-state index contributed by atoms with van der Waals surface area (Å²) in [7, 11) is 1.27. The van der Waals surface area contributed by atoms with Gasteiger partial charge in [-0.3, -0.25) is 14.2 Å². The van der Waals surface area contributed by atoms with E-state index in [1.165, 1.54) is 17.7 Å². The SMILES string of the molecule is COC(=O)c1ccccc1NC(=O)Cn1c(-c2ccccc2)nc(C)cc1=O. The van der Waals surface area contributed by atoms with E-state index in [2.05, 4.69) is 10.3 Å². The number of esters is 1. The lowest BCUT2D eigenvalue weighted by molar-refractivity contribution is -0.116. The second-order valence-electron chi connectivity index (χ2n) is 6.10. The van der Waals surface area contributed by atoms with Crippen LogP contribution in [0.1, 0.15) is 16.1 Å². The highest BCUT2D eigenvalue weighted by Gasteiger charge is 2.16. The Morgan fingerprint density at radius 2 is 1.75 bits per heavy atom. The number of benzene rings is 2. The second kappa shape index (κ2) is 8.30. The Labute approximate surface area is 161 Å². The van der Waals surface area contributed by atoms with Gasteiger partial charge in [0, 0.05) is 17.3 Å². The third kappa shape index (κ3) is 4.15. The van der Waals surface area contributed by atoms with E-state index in [1.807, 2.05) is 30.3 Å². The van der Waals surface area contributed by atoms with Crippen LogP contribution in [0, 0.1) is 6.92 Å². The van der Waals surface area contributed by atoms with Crippen molar-refractivity contribution < 1.29 is 14.3 Å². The van der Waals surface area contributed by atoms with Crippen molar-refractivity contribution in [2.75, 3.05) is 12.4 Å². The van der Waals surface area contributed by atoms with Crippen molar-refractivity contribution in [2.45, 2.75) is 13.5 Å². The zero-order valence-corrected chi connectivity index (χ0v) is 15.5. The second-order valence-corrected chi connectivity index (χ2v) is 6.10. The molecule has 0 aliphatic heterocycles. The molecule has 0 saturated heterocycles. The molecule has 0 bridgehead atoms. The van der Waals surface area contributed by atoms with Gasteiger partial charge in [-0.2, -0.15) is 0 Å². The molecule has 0 saturated carbocycles. The number of methoxy groups -OCH3 is 1. The molecule has 0 fully saturated rings. The van der Waals surface area contributed by atoms with Gasteiger partial charge >= 0.3 is 5.97 Å². The van der Waals surface area contributed by atoms with E-state index >= 15 is 0 Å². The molecular formula is C21H19N3O4. The Balaban J connectivity index is 1.92. The van der Waals surface area contributed by atoms with E-state index in [0.29, 0.717) is 17.2 Å². The Morgan fingerprint density at radius 1 is 1.07 bits per heavy atom. The van der Waals surface area contributed by atoms with Crippen molar-refractivity contribution in [3.05, 3.63) is 82.3 Å². The van der Waals surface area contributed by atoms with Crippen molar-refractivity contribution in [1.29, 1.82) is 0 Å². The molecule has 28 heavy (non-hydrogen) atoms. The number of aryl methyl sites for hydroxylation is 1. The van der Waals surface area contributed by atoms with Gasteiger partial charge in [0.2, 0.25) is 5.91 Å². The summed E-state index contributed by atoms with van der Waals surface area (Å²) >= 11 is 0. The third-order valence-corrected chi connectivity index (χ3v) is 4.08. The maximum Gasteiger partial charge on any atom is 0.339 e. The summed E-state index contributed by atoms with van der Waals surface area (Å²) in [5.41, 5.74) is 1.51. The number of rotatable bonds is 5. The Kier molecular flexibility index (Phi) is 5.64. The summed E-state index contributed by atoms with van der Waals surface area (Å²) in [5.74, 6) is -0.613. The molecule has 0 spiro atoms. The molecule has 1 amide bonds. The molecule has 1 aromatic heterocycles. The van der Waals surface area contributed by atoms with Crippen LogP contribution in [0.2, 0.25) is 0 Å². The topological polar surface area (TPSA) is 90.3 Å². The van der Waals surface area contributed by atoms with Crippen LogP contribution in [0.25, 0.3) is 11.4 Å². The smallest absolute Gasteiger partial charge is 0.339 e. The van der Waals surface area contributed by atoms with Crippen LogP contribution in [0.15, 0.2) is 65.5 Å². The summed E-state index contributed by atoms with van der Waals surface area (Å²) in [6.07, 6.45) is 0. The number of amides is 1. The van der Waals surface area contributed by atoms with Crippen LogP contribution in [-0.2, 0) is 16.1 Å². The minimum absolute atomic E-state index is 0.232. The number of ether oxygens (including phenoxy) is 1. The molecule has 1 heterocycles. The first kappa shape index (κ1) is 19.0. The predicted octanol–water partition coefficient (Wildman–Crippen LogP) is 2.64. The van der Waals surface area contributed by atoms with Crippen molar-refractivity contribution in [3.8, 4) is 11.4 Å². The quantitative estimate of drug-likeness (QED) is 0.691. The highest BCUT2D eigenvalue weighted by atomic mass is 16.5. The molecule has 1 N–H and O–H groups in total. The van der Waals surface area contributed by atoms with Gasteiger partial charge in [-0.25, -0.2) is 9.78 Å². The summed E-state index contributed by atoms with van der Waals surface area (Å²) in [6.45, 7) is 1.48. The van der Waals surface area contributed by atoms with Crippen LogP contribution in [0.3, 0.4) is 0 Å². The molecule has 0 radical (unpaired) electrons. The maximum atomic E-state index is 12.6. The molecule has 3 aromatic rings. The number of hydrogen-bond donors (Lipinski definition) is 1. The van der Waals surface area contributed by atoms with Crippen molar-refractivity contribution in [3.63, 3.8) is 0 Å². The molecule has 7 nitrogen and oxygen atoms in total. The largest absolute Gasteiger partial charge is 0.465 e. The van der Waals surface area contributed by atoms with Gasteiger partial charge in [-0.1, -0.05) is 42.5 Å². The lowest BCUT2D eigenvalue weighted by atomic mass is 10.1. The summed E-state index contributed by atoms with van der Waals surface area (Å²) in [6, 6.07) is 17.1. The molecule has 7 heteroatoms. The highest BCUT2D eigenvalue weighted by molar-refractivity contribution is 6.01. The number of nitrogens with one attached hydrogen (secondary N) is 1. The number of nitrogens with zero attached hydrogens (tertiary/aromatic N) is 2. The Morgan fingerprint density at radius 3 is 2.46 bits per heavy atom. The van der Waals surface area contributed by atoms with Crippen LogP contribution in [-0.4, -0.2) is 28.5 Å². The first-order chi connectivity index (χ1) is 13.5. The van der Waals surface area contributed by atoms with Crippen LogP contribution >= 0.6 is 0 Å². The summed E-state index contributed by atoms with van der Waals surface area (Å²) in [4.78, 5) is 41.4. The fourth-order valence-corrected chi connectivity index (χ4v) is 2.79. The monoisotopic (exact) mass is 377 g/mol. The van der Waals surface area contributed by atoms with Gasteiger partial charge in [0.1, 0.15) is 12.4 Å². The van der Waals surface area contributed by atoms with Crippen molar-refractivity contribution in [2.24, 2.45) is 0 Å². The first-order valence-corrected chi connectivity index (χ1v) is 8.60. The number of anilines is 1. The molecule has 142 valence electrons. The molecule has 2 aromatic carbocycles.